The van der Waals surface area contributed by atoms with Crippen LogP contribution in [0.4, 0.5) is 0 Å². The SMILES string of the molecule is CCOc1ccccc1-c1nnc(SCC(=O)N2CCCCC2)o1. The number of rotatable bonds is 6. The normalized spacial score (nSPS) is 14.6. The van der Waals surface area contributed by atoms with Crippen LogP contribution in [0.2, 0.25) is 0 Å². The standard InChI is InChI=1S/C17H21N3O3S/c1-2-22-14-9-5-4-8-13(14)16-18-19-17(23-16)24-12-15(21)20-10-6-3-7-11-20/h4-5,8-9H,2-3,6-7,10-12H2,1H3. The first-order chi connectivity index (χ1) is 11.8. The second kappa shape index (κ2) is 8.19. The van der Waals surface area contributed by atoms with Gasteiger partial charge in [-0.25, -0.2) is 0 Å². The van der Waals surface area contributed by atoms with Crippen LogP contribution in [-0.4, -0.2) is 46.5 Å². The predicted molar refractivity (Wildman–Crippen MR) is 92.1 cm³/mol. The molecule has 3 rings (SSSR count). The highest BCUT2D eigenvalue weighted by Crippen LogP contribution is 2.30. The molecule has 6 nitrogen and oxygen atoms in total. The molecular weight excluding hydrogens is 326 g/mol. The van der Waals surface area contributed by atoms with Crippen molar-refractivity contribution in [3.63, 3.8) is 0 Å². The number of para-hydroxylation sites is 1. The molecule has 0 radical (unpaired) electrons. The Balaban J connectivity index is 1.62. The van der Waals surface area contributed by atoms with E-state index in [1.165, 1.54) is 18.2 Å². The number of piperidine rings is 1. The number of amides is 1. The maximum Gasteiger partial charge on any atom is 0.277 e. The second-order valence-electron chi connectivity index (χ2n) is 5.53. The average molecular weight is 347 g/mol. The summed E-state index contributed by atoms with van der Waals surface area (Å²) in [6.07, 6.45) is 3.40. The van der Waals surface area contributed by atoms with Gasteiger partial charge in [-0.1, -0.05) is 23.9 Å². The van der Waals surface area contributed by atoms with Crippen molar-refractivity contribution in [2.24, 2.45) is 0 Å². The summed E-state index contributed by atoms with van der Waals surface area (Å²) < 4.78 is 11.3. The van der Waals surface area contributed by atoms with E-state index >= 15 is 0 Å². The second-order valence-corrected chi connectivity index (χ2v) is 6.46. The van der Waals surface area contributed by atoms with Gasteiger partial charge in [0.1, 0.15) is 5.75 Å². The molecule has 0 unspecified atom stereocenters. The number of carbonyl (C=O) groups is 1. The van der Waals surface area contributed by atoms with Gasteiger partial charge in [-0.05, 0) is 38.3 Å². The Morgan fingerprint density at radius 3 is 2.83 bits per heavy atom. The summed E-state index contributed by atoms with van der Waals surface area (Å²) in [5.41, 5.74) is 0.765. The fourth-order valence-electron chi connectivity index (χ4n) is 2.66. The molecule has 7 heteroatoms. The van der Waals surface area contributed by atoms with Crippen molar-refractivity contribution < 1.29 is 13.9 Å². The van der Waals surface area contributed by atoms with Crippen LogP contribution in [0.25, 0.3) is 11.5 Å². The van der Waals surface area contributed by atoms with E-state index in [9.17, 15) is 4.79 Å². The lowest BCUT2D eigenvalue weighted by Gasteiger charge is -2.26. The molecule has 1 fully saturated rings. The lowest BCUT2D eigenvalue weighted by molar-refractivity contribution is -0.129. The molecule has 0 bridgehead atoms. The predicted octanol–water partition coefficient (Wildman–Crippen LogP) is 3.24. The van der Waals surface area contributed by atoms with Gasteiger partial charge in [0.25, 0.3) is 11.1 Å². The van der Waals surface area contributed by atoms with Crippen molar-refractivity contribution in [1.29, 1.82) is 0 Å². The molecule has 0 spiro atoms. The Hall–Kier alpha value is -2.02. The molecule has 0 atom stereocenters. The first-order valence-corrected chi connectivity index (χ1v) is 9.22. The minimum Gasteiger partial charge on any atom is -0.493 e. The molecule has 0 aliphatic carbocycles. The number of carbonyl (C=O) groups excluding carboxylic acids is 1. The topological polar surface area (TPSA) is 68.5 Å². The molecule has 1 aromatic carbocycles. The molecule has 128 valence electrons. The summed E-state index contributed by atoms with van der Waals surface area (Å²) in [6.45, 7) is 4.21. The van der Waals surface area contributed by atoms with Crippen LogP contribution in [0.3, 0.4) is 0 Å². The monoisotopic (exact) mass is 347 g/mol. The highest BCUT2D eigenvalue weighted by Gasteiger charge is 2.19. The van der Waals surface area contributed by atoms with Crippen LogP contribution in [0, 0.1) is 0 Å². The highest BCUT2D eigenvalue weighted by molar-refractivity contribution is 7.99. The third-order valence-electron chi connectivity index (χ3n) is 3.85. The number of thioether (sulfide) groups is 1. The number of benzene rings is 1. The average Bonchev–Trinajstić information content (AvgIpc) is 3.10. The van der Waals surface area contributed by atoms with Gasteiger partial charge in [-0.2, -0.15) is 0 Å². The van der Waals surface area contributed by atoms with Crippen molar-refractivity contribution in [1.82, 2.24) is 15.1 Å². The molecule has 2 aromatic rings. The molecule has 0 saturated carbocycles. The molecular formula is C17H21N3O3S. The number of likely N-dealkylation sites (tertiary alicyclic amines) is 1. The van der Waals surface area contributed by atoms with Gasteiger partial charge in [0.05, 0.1) is 17.9 Å². The summed E-state index contributed by atoms with van der Waals surface area (Å²) in [5, 5.41) is 8.51. The molecule has 2 heterocycles. The van der Waals surface area contributed by atoms with Gasteiger partial charge in [0.2, 0.25) is 5.91 Å². The zero-order valence-electron chi connectivity index (χ0n) is 13.7. The molecule has 1 aromatic heterocycles. The molecule has 1 aliphatic heterocycles. The maximum atomic E-state index is 12.2. The van der Waals surface area contributed by atoms with E-state index in [1.54, 1.807) is 0 Å². The Bertz CT molecular complexity index is 683. The molecule has 1 saturated heterocycles. The first kappa shape index (κ1) is 16.8. The van der Waals surface area contributed by atoms with Gasteiger partial charge < -0.3 is 14.1 Å². The van der Waals surface area contributed by atoms with Crippen LogP contribution in [0.15, 0.2) is 33.9 Å². The number of hydrogen-bond acceptors (Lipinski definition) is 6. The Morgan fingerprint density at radius 2 is 2.04 bits per heavy atom. The fraction of sp³-hybridized carbons (Fsp3) is 0.471. The molecule has 1 amide bonds. The van der Waals surface area contributed by atoms with Gasteiger partial charge >= 0.3 is 0 Å². The minimum absolute atomic E-state index is 0.133. The lowest BCUT2D eigenvalue weighted by Crippen LogP contribution is -2.36. The third-order valence-corrected chi connectivity index (χ3v) is 4.65. The van der Waals surface area contributed by atoms with E-state index in [1.807, 2.05) is 36.1 Å². The quantitative estimate of drug-likeness (QED) is 0.747. The van der Waals surface area contributed by atoms with E-state index in [2.05, 4.69) is 10.2 Å². The highest BCUT2D eigenvalue weighted by atomic mass is 32.2. The van der Waals surface area contributed by atoms with Crippen molar-refractivity contribution in [3.05, 3.63) is 24.3 Å². The summed E-state index contributed by atoms with van der Waals surface area (Å²) in [5.74, 6) is 1.58. The van der Waals surface area contributed by atoms with E-state index in [4.69, 9.17) is 9.15 Å². The largest absolute Gasteiger partial charge is 0.493 e. The third kappa shape index (κ3) is 4.08. The van der Waals surface area contributed by atoms with Crippen LogP contribution < -0.4 is 4.74 Å². The van der Waals surface area contributed by atoms with Gasteiger partial charge in [0.15, 0.2) is 0 Å². The molecule has 24 heavy (non-hydrogen) atoms. The number of ether oxygens (including phenoxy) is 1. The Kier molecular flexibility index (Phi) is 5.74. The van der Waals surface area contributed by atoms with Crippen LogP contribution >= 0.6 is 11.8 Å². The van der Waals surface area contributed by atoms with Crippen molar-refractivity contribution >= 4 is 17.7 Å². The van der Waals surface area contributed by atoms with Gasteiger partial charge in [0, 0.05) is 13.1 Å². The first-order valence-electron chi connectivity index (χ1n) is 8.24. The zero-order valence-corrected chi connectivity index (χ0v) is 14.6. The van der Waals surface area contributed by atoms with Crippen molar-refractivity contribution in [2.45, 2.75) is 31.4 Å². The van der Waals surface area contributed by atoms with Crippen molar-refractivity contribution in [3.8, 4) is 17.2 Å². The van der Waals surface area contributed by atoms with E-state index in [0.29, 0.717) is 29.2 Å². The van der Waals surface area contributed by atoms with Crippen molar-refractivity contribution in [2.75, 3.05) is 25.4 Å². The Labute approximate surface area is 145 Å². The summed E-state index contributed by atoms with van der Waals surface area (Å²) in [6, 6.07) is 7.55. The summed E-state index contributed by atoms with van der Waals surface area (Å²) >= 11 is 1.28. The van der Waals surface area contributed by atoms with Gasteiger partial charge in [-0.3, -0.25) is 4.79 Å². The number of aromatic nitrogens is 2. The van der Waals surface area contributed by atoms with Crippen LogP contribution in [0.1, 0.15) is 26.2 Å². The van der Waals surface area contributed by atoms with E-state index < -0.39 is 0 Å². The van der Waals surface area contributed by atoms with E-state index in [-0.39, 0.29) is 5.91 Å². The zero-order chi connectivity index (χ0) is 16.8. The van der Waals surface area contributed by atoms with Crippen LogP contribution in [-0.2, 0) is 4.79 Å². The minimum atomic E-state index is 0.133. The Morgan fingerprint density at radius 1 is 1.25 bits per heavy atom. The lowest BCUT2D eigenvalue weighted by atomic mass is 10.1. The number of nitrogens with zero attached hydrogens (tertiary/aromatic N) is 3. The molecule has 0 N–H and O–H groups in total. The molecule has 1 aliphatic rings. The summed E-state index contributed by atoms with van der Waals surface area (Å²) in [7, 11) is 0. The van der Waals surface area contributed by atoms with Crippen LogP contribution in [0.5, 0.6) is 5.75 Å². The maximum absolute atomic E-state index is 12.2. The smallest absolute Gasteiger partial charge is 0.277 e. The van der Waals surface area contributed by atoms with E-state index in [0.717, 1.165) is 31.5 Å². The fourth-order valence-corrected chi connectivity index (χ4v) is 3.33. The number of hydrogen-bond donors (Lipinski definition) is 0. The summed E-state index contributed by atoms with van der Waals surface area (Å²) in [4.78, 5) is 14.1. The van der Waals surface area contributed by atoms with Gasteiger partial charge in [-0.15, -0.1) is 10.2 Å².